The summed E-state index contributed by atoms with van der Waals surface area (Å²) in [6.45, 7) is 5.58. The minimum atomic E-state index is -0.148. The Morgan fingerprint density at radius 3 is 2.38 bits per heavy atom. The van der Waals surface area contributed by atoms with Crippen molar-refractivity contribution in [3.8, 4) is 5.75 Å². The molecule has 0 aliphatic carbocycles. The van der Waals surface area contributed by atoms with E-state index in [0.29, 0.717) is 12.2 Å². The van der Waals surface area contributed by atoms with Crippen LogP contribution in [0.2, 0.25) is 0 Å². The molecule has 1 aromatic carbocycles. The molecule has 2 aromatic rings. The molecule has 2 rings (SSSR count). The van der Waals surface area contributed by atoms with Crippen molar-refractivity contribution in [3.63, 3.8) is 0 Å². The average Bonchev–Trinajstić information content (AvgIpc) is 2.60. The minimum Gasteiger partial charge on any atom is -0.491 e. The van der Waals surface area contributed by atoms with Crippen molar-refractivity contribution >= 4 is 17.3 Å². The number of carbonyl (C=O) groups is 1. The lowest BCUT2D eigenvalue weighted by Crippen LogP contribution is -2.27. The van der Waals surface area contributed by atoms with E-state index in [0.717, 1.165) is 30.1 Å². The number of rotatable bonds is 9. The van der Waals surface area contributed by atoms with Crippen LogP contribution in [0.5, 0.6) is 5.75 Å². The summed E-state index contributed by atoms with van der Waals surface area (Å²) in [6, 6.07) is 11.3. The first kappa shape index (κ1) is 19.7. The second kappa shape index (κ2) is 9.77. The molecule has 0 spiro atoms. The summed E-state index contributed by atoms with van der Waals surface area (Å²) in [4.78, 5) is 18.4. The Hall–Kier alpha value is -2.60. The lowest BCUT2D eigenvalue weighted by molar-refractivity contribution is 0.0947. The van der Waals surface area contributed by atoms with Gasteiger partial charge in [0.2, 0.25) is 0 Å². The number of carbonyl (C=O) groups excluding carboxylic acids is 1. The van der Waals surface area contributed by atoms with Gasteiger partial charge in [0, 0.05) is 12.2 Å². The van der Waals surface area contributed by atoms with E-state index in [1.54, 1.807) is 12.3 Å². The Kier molecular flexibility index (Phi) is 7.41. The number of pyridine rings is 1. The summed E-state index contributed by atoms with van der Waals surface area (Å²) >= 11 is 0. The maximum atomic E-state index is 12.1. The number of amides is 1. The number of ether oxygens (including phenoxy) is 1. The standard InChI is InChI=1S/C20H28N4O2/c1-15(2)26-18-9-6-16(7-10-18)23-17-8-11-19(22-14-17)20(25)21-12-5-13-24(3)4/h6-11,14-15,23H,5,12-13H2,1-4H3,(H,21,25). The SMILES string of the molecule is CC(C)Oc1ccc(Nc2ccc(C(=O)NCCCN(C)C)nc2)cc1. The molecule has 0 fully saturated rings. The normalized spacial score (nSPS) is 10.8. The van der Waals surface area contributed by atoms with Crippen molar-refractivity contribution in [2.45, 2.75) is 26.4 Å². The van der Waals surface area contributed by atoms with Crippen molar-refractivity contribution in [2.75, 3.05) is 32.5 Å². The van der Waals surface area contributed by atoms with Gasteiger partial charge >= 0.3 is 0 Å². The van der Waals surface area contributed by atoms with E-state index in [-0.39, 0.29) is 12.0 Å². The first-order valence-electron chi connectivity index (χ1n) is 8.87. The summed E-state index contributed by atoms with van der Waals surface area (Å²) in [5.41, 5.74) is 2.18. The van der Waals surface area contributed by atoms with Crippen molar-refractivity contribution in [2.24, 2.45) is 0 Å². The molecular weight excluding hydrogens is 328 g/mol. The van der Waals surface area contributed by atoms with Crippen LogP contribution in [-0.2, 0) is 0 Å². The summed E-state index contributed by atoms with van der Waals surface area (Å²) in [5.74, 6) is 0.690. The van der Waals surface area contributed by atoms with Gasteiger partial charge in [-0.1, -0.05) is 0 Å². The van der Waals surface area contributed by atoms with E-state index in [1.807, 2.05) is 58.3 Å². The number of anilines is 2. The zero-order valence-electron chi connectivity index (χ0n) is 16.0. The maximum absolute atomic E-state index is 12.1. The Morgan fingerprint density at radius 2 is 1.81 bits per heavy atom. The topological polar surface area (TPSA) is 66.5 Å². The van der Waals surface area contributed by atoms with Crippen LogP contribution in [0, 0.1) is 0 Å². The Labute approximate surface area is 155 Å². The fourth-order valence-electron chi connectivity index (χ4n) is 2.35. The smallest absolute Gasteiger partial charge is 0.269 e. The van der Waals surface area contributed by atoms with Crippen LogP contribution >= 0.6 is 0 Å². The molecule has 0 unspecified atom stereocenters. The van der Waals surface area contributed by atoms with E-state index in [9.17, 15) is 4.79 Å². The highest BCUT2D eigenvalue weighted by atomic mass is 16.5. The van der Waals surface area contributed by atoms with E-state index < -0.39 is 0 Å². The Balaban J connectivity index is 1.85. The van der Waals surface area contributed by atoms with E-state index in [1.165, 1.54) is 0 Å². The van der Waals surface area contributed by atoms with Crippen molar-refractivity contribution in [3.05, 3.63) is 48.3 Å². The molecule has 140 valence electrons. The fraction of sp³-hybridized carbons (Fsp3) is 0.400. The lowest BCUT2D eigenvalue weighted by Gasteiger charge is -2.11. The van der Waals surface area contributed by atoms with Crippen LogP contribution in [0.15, 0.2) is 42.6 Å². The van der Waals surface area contributed by atoms with E-state index >= 15 is 0 Å². The third-order valence-corrected chi connectivity index (χ3v) is 3.58. The zero-order valence-corrected chi connectivity index (χ0v) is 16.0. The van der Waals surface area contributed by atoms with Gasteiger partial charge in [0.25, 0.3) is 5.91 Å². The number of hydrogen-bond donors (Lipinski definition) is 2. The first-order chi connectivity index (χ1) is 12.4. The van der Waals surface area contributed by atoms with Crippen LogP contribution in [0.4, 0.5) is 11.4 Å². The predicted molar refractivity (Wildman–Crippen MR) is 105 cm³/mol. The number of aromatic nitrogens is 1. The minimum absolute atomic E-state index is 0.148. The maximum Gasteiger partial charge on any atom is 0.269 e. The average molecular weight is 356 g/mol. The lowest BCUT2D eigenvalue weighted by atomic mass is 10.2. The molecule has 2 N–H and O–H groups in total. The summed E-state index contributed by atoms with van der Waals surface area (Å²) in [7, 11) is 4.03. The molecule has 0 radical (unpaired) electrons. The Bertz CT molecular complexity index is 682. The van der Waals surface area contributed by atoms with Gasteiger partial charge in [-0.05, 0) is 77.3 Å². The Morgan fingerprint density at radius 1 is 1.12 bits per heavy atom. The molecule has 26 heavy (non-hydrogen) atoms. The number of hydrogen-bond acceptors (Lipinski definition) is 5. The van der Waals surface area contributed by atoms with Gasteiger partial charge in [0.15, 0.2) is 0 Å². The van der Waals surface area contributed by atoms with Gasteiger partial charge in [-0.3, -0.25) is 4.79 Å². The van der Waals surface area contributed by atoms with E-state index in [4.69, 9.17) is 4.74 Å². The summed E-state index contributed by atoms with van der Waals surface area (Å²) < 4.78 is 5.63. The van der Waals surface area contributed by atoms with Gasteiger partial charge in [0.05, 0.1) is 18.0 Å². The highest BCUT2D eigenvalue weighted by Crippen LogP contribution is 2.20. The molecule has 0 aliphatic rings. The van der Waals surface area contributed by atoms with Gasteiger partial charge < -0.3 is 20.3 Å². The third kappa shape index (κ3) is 6.72. The fourth-order valence-corrected chi connectivity index (χ4v) is 2.35. The number of nitrogens with one attached hydrogen (secondary N) is 2. The van der Waals surface area contributed by atoms with Gasteiger partial charge in [-0.15, -0.1) is 0 Å². The van der Waals surface area contributed by atoms with E-state index in [2.05, 4.69) is 20.5 Å². The predicted octanol–water partition coefficient (Wildman–Crippen LogP) is 3.29. The molecule has 1 aromatic heterocycles. The molecule has 0 aliphatic heterocycles. The molecule has 0 atom stereocenters. The van der Waals surface area contributed by atoms with Crippen molar-refractivity contribution in [1.82, 2.24) is 15.2 Å². The van der Waals surface area contributed by atoms with Gasteiger partial charge in [-0.25, -0.2) is 4.98 Å². The molecule has 6 nitrogen and oxygen atoms in total. The quantitative estimate of drug-likeness (QED) is 0.675. The van der Waals surface area contributed by atoms with Crippen LogP contribution in [0.1, 0.15) is 30.8 Å². The highest BCUT2D eigenvalue weighted by molar-refractivity contribution is 5.92. The van der Waals surface area contributed by atoms with Crippen LogP contribution in [0.25, 0.3) is 0 Å². The van der Waals surface area contributed by atoms with Crippen LogP contribution in [-0.4, -0.2) is 49.1 Å². The first-order valence-corrected chi connectivity index (χ1v) is 8.87. The van der Waals surface area contributed by atoms with Crippen LogP contribution in [0.3, 0.4) is 0 Å². The molecule has 1 heterocycles. The third-order valence-electron chi connectivity index (χ3n) is 3.58. The van der Waals surface area contributed by atoms with Crippen LogP contribution < -0.4 is 15.4 Å². The molecular formula is C20H28N4O2. The monoisotopic (exact) mass is 356 g/mol. The molecule has 0 bridgehead atoms. The summed E-state index contributed by atoms with van der Waals surface area (Å²) in [5, 5.41) is 6.14. The largest absolute Gasteiger partial charge is 0.491 e. The van der Waals surface area contributed by atoms with Gasteiger partial charge in [-0.2, -0.15) is 0 Å². The molecule has 6 heteroatoms. The molecule has 0 saturated carbocycles. The number of nitrogens with zero attached hydrogens (tertiary/aromatic N) is 2. The van der Waals surface area contributed by atoms with Crippen molar-refractivity contribution in [1.29, 1.82) is 0 Å². The summed E-state index contributed by atoms with van der Waals surface area (Å²) in [6.07, 6.45) is 2.72. The molecule has 0 saturated heterocycles. The van der Waals surface area contributed by atoms with Crippen molar-refractivity contribution < 1.29 is 9.53 Å². The van der Waals surface area contributed by atoms with Gasteiger partial charge in [0.1, 0.15) is 11.4 Å². The zero-order chi connectivity index (χ0) is 18.9. The highest BCUT2D eigenvalue weighted by Gasteiger charge is 2.06. The second-order valence-electron chi connectivity index (χ2n) is 6.66. The second-order valence-corrected chi connectivity index (χ2v) is 6.66. The molecule has 1 amide bonds. The number of benzene rings is 1.